The van der Waals surface area contributed by atoms with Crippen LogP contribution in [-0.2, 0) is 25.0 Å². The molecule has 132 valence electrons. The molecule has 0 aromatic heterocycles. The fourth-order valence-corrected chi connectivity index (χ4v) is 3.46. The molecule has 1 aliphatic rings. The van der Waals surface area contributed by atoms with Gasteiger partial charge in [-0.05, 0) is 31.7 Å². The van der Waals surface area contributed by atoms with E-state index in [0.717, 1.165) is 25.7 Å². The highest BCUT2D eigenvalue weighted by Gasteiger charge is 2.32. The Morgan fingerprint density at radius 2 is 1.50 bits per heavy atom. The summed E-state index contributed by atoms with van der Waals surface area (Å²) < 4.78 is 53.9. The molecular weight excluding hydrogens is 338 g/mol. The van der Waals surface area contributed by atoms with E-state index >= 15 is 0 Å². The Bertz CT molecular complexity index is 531. The molecule has 1 rings (SSSR count). The minimum absolute atomic E-state index is 0.0793. The normalized spacial score (nSPS) is 18.4. The Morgan fingerprint density at radius 3 is 1.73 bits per heavy atom. The van der Waals surface area contributed by atoms with E-state index in [2.05, 4.69) is 0 Å². The van der Waals surface area contributed by atoms with Crippen molar-refractivity contribution in [2.45, 2.75) is 50.0 Å². The van der Waals surface area contributed by atoms with Crippen LogP contribution >= 0.6 is 0 Å². The van der Waals surface area contributed by atoms with Crippen LogP contribution in [0, 0.1) is 5.41 Å². The molecule has 5 N–H and O–H groups in total. The monoisotopic (exact) mass is 361 g/mol. The lowest BCUT2D eigenvalue weighted by Gasteiger charge is -2.34. The third-order valence-electron chi connectivity index (χ3n) is 3.71. The summed E-state index contributed by atoms with van der Waals surface area (Å²) in [7, 11) is -9.40. The van der Waals surface area contributed by atoms with Crippen molar-refractivity contribution in [3.05, 3.63) is 0 Å². The Morgan fingerprint density at radius 1 is 1.09 bits per heavy atom. The predicted octanol–water partition coefficient (Wildman–Crippen LogP) is 0.478. The van der Waals surface area contributed by atoms with E-state index in [1.54, 1.807) is 0 Å². The van der Waals surface area contributed by atoms with E-state index in [1.165, 1.54) is 6.42 Å². The van der Waals surface area contributed by atoms with Crippen molar-refractivity contribution in [2.24, 2.45) is 11.1 Å². The van der Waals surface area contributed by atoms with E-state index in [1.807, 2.05) is 0 Å². The van der Waals surface area contributed by atoms with Crippen molar-refractivity contribution >= 4 is 26.2 Å². The number of carboxylic acids is 1. The van der Waals surface area contributed by atoms with Crippen LogP contribution in [0.4, 0.5) is 0 Å². The highest BCUT2D eigenvalue weighted by molar-refractivity contribution is 8.03. The first-order valence-corrected chi connectivity index (χ1v) is 9.69. The number of carboxylic acid groups (broad SMARTS) is 1. The maximum atomic E-state index is 10.6. The van der Waals surface area contributed by atoms with Gasteiger partial charge in [0.25, 0.3) is 20.2 Å². The zero-order valence-electron chi connectivity index (χ0n) is 12.3. The first-order chi connectivity index (χ1) is 9.84. The van der Waals surface area contributed by atoms with E-state index in [-0.39, 0.29) is 11.8 Å². The van der Waals surface area contributed by atoms with Gasteiger partial charge in [-0.15, -0.1) is 0 Å². The molecule has 0 aromatic carbocycles. The van der Waals surface area contributed by atoms with Gasteiger partial charge >= 0.3 is 5.97 Å². The number of aliphatic carboxylic acids is 1. The lowest BCUT2D eigenvalue weighted by atomic mass is 9.72. The average Bonchev–Trinajstić information content (AvgIpc) is 2.37. The van der Waals surface area contributed by atoms with Crippen LogP contribution in [0.2, 0.25) is 0 Å². The van der Waals surface area contributed by atoms with Gasteiger partial charge < -0.3 is 10.8 Å². The first kappa shape index (κ1) is 21.2. The molecule has 0 heterocycles. The molecule has 0 saturated heterocycles. The lowest BCUT2D eigenvalue weighted by molar-refractivity contribution is -0.140. The summed E-state index contributed by atoms with van der Waals surface area (Å²) in [5, 5.41) is 8.71. The smallest absolute Gasteiger partial charge is 0.303 e. The molecule has 22 heavy (non-hydrogen) atoms. The van der Waals surface area contributed by atoms with Gasteiger partial charge in [-0.25, -0.2) is 0 Å². The molecule has 0 atom stereocenters. The van der Waals surface area contributed by atoms with Crippen molar-refractivity contribution in [1.82, 2.24) is 0 Å². The topological polar surface area (TPSA) is 172 Å². The van der Waals surface area contributed by atoms with Crippen molar-refractivity contribution in [3.8, 4) is 0 Å². The van der Waals surface area contributed by atoms with Crippen LogP contribution in [0.5, 0.6) is 0 Å². The summed E-state index contributed by atoms with van der Waals surface area (Å²) in [6.07, 6.45) is 5.77. The molecule has 0 aromatic rings. The summed E-state index contributed by atoms with van der Waals surface area (Å²) in [5.41, 5.74) is 5.54. The van der Waals surface area contributed by atoms with E-state index in [0.29, 0.717) is 13.5 Å². The van der Waals surface area contributed by atoms with Crippen molar-refractivity contribution in [2.75, 3.05) is 6.54 Å². The number of hydrogen-bond acceptors (Lipinski definition) is 6. The van der Waals surface area contributed by atoms with Crippen molar-refractivity contribution in [3.63, 3.8) is 0 Å². The van der Waals surface area contributed by atoms with Crippen LogP contribution < -0.4 is 5.73 Å². The molecule has 1 aliphatic carbocycles. The summed E-state index contributed by atoms with van der Waals surface area (Å²) in [5.74, 6) is -0.706. The second-order valence-electron chi connectivity index (χ2n) is 5.43. The Balaban J connectivity index is 0.000000409. The molecule has 0 radical (unpaired) electrons. The van der Waals surface area contributed by atoms with Gasteiger partial charge in [-0.1, -0.05) is 19.3 Å². The molecule has 0 aliphatic heterocycles. The van der Waals surface area contributed by atoms with E-state index < -0.39 is 30.8 Å². The second-order valence-corrected chi connectivity index (χ2v) is 9.21. The number of nitrogens with two attached hydrogens (primary N) is 1. The Hall–Kier alpha value is -0.750. The highest BCUT2D eigenvalue weighted by Crippen LogP contribution is 2.38. The maximum Gasteiger partial charge on any atom is 0.303 e. The number of hydrogen-bond donors (Lipinski definition) is 4. The van der Waals surface area contributed by atoms with Crippen LogP contribution in [0.25, 0.3) is 0 Å². The third kappa shape index (κ3) is 7.49. The average molecular weight is 361 g/mol. The molecule has 1 fully saturated rings. The van der Waals surface area contributed by atoms with Crippen LogP contribution in [0.1, 0.15) is 45.4 Å². The van der Waals surface area contributed by atoms with E-state index in [4.69, 9.17) is 19.9 Å². The maximum absolute atomic E-state index is 10.6. The molecule has 0 spiro atoms. The Kier molecular flexibility index (Phi) is 7.92. The molecule has 0 unspecified atom stereocenters. The quantitative estimate of drug-likeness (QED) is 0.508. The van der Waals surface area contributed by atoms with Crippen molar-refractivity contribution < 1.29 is 35.8 Å². The minimum Gasteiger partial charge on any atom is -0.481 e. The van der Waals surface area contributed by atoms with Gasteiger partial charge in [0.15, 0.2) is 0 Å². The fourth-order valence-electron chi connectivity index (χ4n) is 2.23. The molecule has 1 saturated carbocycles. The Labute approximate surface area is 130 Å². The van der Waals surface area contributed by atoms with Gasteiger partial charge in [0.1, 0.15) is 0 Å². The van der Waals surface area contributed by atoms with E-state index in [9.17, 15) is 21.6 Å². The van der Waals surface area contributed by atoms with Gasteiger partial charge in [-0.2, -0.15) is 16.8 Å². The fraction of sp³-hybridized carbons (Fsp3) is 0.909. The molecule has 9 nitrogen and oxygen atoms in total. The minimum atomic E-state index is -4.70. The summed E-state index contributed by atoms with van der Waals surface area (Å²) in [4.78, 5) is 10.6. The zero-order valence-corrected chi connectivity index (χ0v) is 13.9. The third-order valence-corrected chi connectivity index (χ3v) is 6.85. The number of carbonyl (C=O) groups is 1. The van der Waals surface area contributed by atoms with Gasteiger partial charge in [0.05, 0.1) is 6.42 Å². The highest BCUT2D eigenvalue weighted by atomic mass is 32.3. The standard InChI is InChI=1S/C9H17NO2.C2H6O6S2/c10-7-9(6-8(11)12)4-2-1-3-5-9;1-2(9(3,4)5)10(6,7)8/h1-7,10H2,(H,11,12);2H,1H3,(H,3,4,5)(H,6,7,8). The largest absolute Gasteiger partial charge is 0.481 e. The molecule has 11 heteroatoms. The van der Waals surface area contributed by atoms with Crippen LogP contribution in [0.15, 0.2) is 0 Å². The zero-order chi connectivity index (χ0) is 17.6. The molecule has 0 amide bonds. The summed E-state index contributed by atoms with van der Waals surface area (Å²) in [6, 6.07) is 0. The predicted molar refractivity (Wildman–Crippen MR) is 79.4 cm³/mol. The summed E-state index contributed by atoms with van der Waals surface area (Å²) >= 11 is 0. The van der Waals surface area contributed by atoms with Gasteiger partial charge in [-0.3, -0.25) is 13.9 Å². The molecular formula is C11H23NO8S2. The lowest BCUT2D eigenvalue weighted by Crippen LogP contribution is -2.34. The van der Waals surface area contributed by atoms with Crippen LogP contribution in [-0.4, -0.2) is 48.1 Å². The second kappa shape index (κ2) is 8.20. The first-order valence-electron chi connectivity index (χ1n) is 6.68. The summed E-state index contributed by atoms with van der Waals surface area (Å²) in [6.45, 7) is 1.18. The van der Waals surface area contributed by atoms with Gasteiger partial charge in [0.2, 0.25) is 4.58 Å². The van der Waals surface area contributed by atoms with Crippen LogP contribution in [0.3, 0.4) is 0 Å². The SMILES string of the molecule is CC(S(=O)(=O)O)S(=O)(=O)O.NCC1(CC(=O)O)CCCCC1. The van der Waals surface area contributed by atoms with Crippen molar-refractivity contribution in [1.29, 1.82) is 0 Å². The molecule has 0 bridgehead atoms. The number of rotatable bonds is 5. The van der Waals surface area contributed by atoms with Gasteiger partial charge in [0, 0.05) is 0 Å².